The van der Waals surface area contributed by atoms with Crippen LogP contribution < -0.4 is 24.2 Å². The third-order valence-electron chi connectivity index (χ3n) is 3.86. The Morgan fingerprint density at radius 2 is 1.55 bits per heavy atom. The Labute approximate surface area is 182 Å². The van der Waals surface area contributed by atoms with E-state index < -0.39 is 26.0 Å². The van der Waals surface area contributed by atoms with Crippen molar-refractivity contribution in [3.05, 3.63) is 42.0 Å². The first-order valence-corrected chi connectivity index (χ1v) is 12.4. The van der Waals surface area contributed by atoms with E-state index >= 15 is 0 Å². The third-order valence-corrected chi connectivity index (χ3v) is 6.13. The van der Waals surface area contributed by atoms with E-state index in [1.807, 2.05) is 0 Å². The Morgan fingerprint density at radius 3 is 2.10 bits per heavy atom. The van der Waals surface area contributed by atoms with Gasteiger partial charge in [-0.3, -0.25) is 9.52 Å². The summed E-state index contributed by atoms with van der Waals surface area (Å²) in [4.78, 5) is 12.6. The lowest BCUT2D eigenvalue weighted by Gasteiger charge is -2.15. The zero-order valence-corrected chi connectivity index (χ0v) is 19.3. The summed E-state index contributed by atoms with van der Waals surface area (Å²) in [7, 11) is -4.78. The monoisotopic (exact) mass is 471 g/mol. The number of hydrogen-bond donors (Lipinski definition) is 3. The zero-order chi connectivity index (χ0) is 23.4. The Balaban J connectivity index is 2.38. The highest BCUT2D eigenvalue weighted by atomic mass is 32.2. The summed E-state index contributed by atoms with van der Waals surface area (Å²) in [6, 6.07) is 8.05. The van der Waals surface area contributed by atoms with E-state index in [9.17, 15) is 21.6 Å². The van der Waals surface area contributed by atoms with Crippen molar-refractivity contribution in [3.8, 4) is 11.5 Å². The Bertz CT molecular complexity index is 1180. The number of sulfonamides is 2. The summed E-state index contributed by atoms with van der Waals surface area (Å²) in [6.45, 7) is 3.35. The van der Waals surface area contributed by atoms with Gasteiger partial charge in [0.2, 0.25) is 20.0 Å². The highest BCUT2D eigenvalue weighted by Crippen LogP contribution is 2.29. The second-order valence-corrected chi connectivity index (χ2v) is 10.3. The molecule has 1 amide bonds. The molecule has 0 spiro atoms. The topological polar surface area (TPSA) is 140 Å². The number of rotatable bonds is 9. The van der Waals surface area contributed by atoms with Crippen LogP contribution in [0.5, 0.6) is 11.5 Å². The molecule has 0 atom stereocenters. The zero-order valence-electron chi connectivity index (χ0n) is 17.7. The van der Waals surface area contributed by atoms with Gasteiger partial charge in [-0.25, -0.2) is 21.6 Å². The molecule has 2 aromatic rings. The average Bonchev–Trinajstić information content (AvgIpc) is 2.65. The fourth-order valence-corrected chi connectivity index (χ4v) is 4.68. The SMILES string of the molecule is COc1ccc(NC(=O)c2ccc(OC)c(S(=O)(=O)NC(C)C)c2)cc1NS(C)(=O)=O. The lowest BCUT2D eigenvalue weighted by molar-refractivity contribution is 0.102. The van der Waals surface area contributed by atoms with Crippen molar-refractivity contribution in [3.63, 3.8) is 0 Å². The summed E-state index contributed by atoms with van der Waals surface area (Å²) >= 11 is 0. The maximum atomic E-state index is 12.7. The van der Waals surface area contributed by atoms with Gasteiger partial charge in [0, 0.05) is 17.3 Å². The summed E-state index contributed by atoms with van der Waals surface area (Å²) in [5.74, 6) is -0.242. The Morgan fingerprint density at radius 1 is 0.935 bits per heavy atom. The Hall–Kier alpha value is -2.83. The van der Waals surface area contributed by atoms with Gasteiger partial charge in [0.05, 0.1) is 26.2 Å². The lowest BCUT2D eigenvalue weighted by Crippen LogP contribution is -2.30. The molecule has 3 N–H and O–H groups in total. The fourth-order valence-electron chi connectivity index (χ4n) is 2.67. The molecule has 0 heterocycles. The number of hydrogen-bond acceptors (Lipinski definition) is 7. The van der Waals surface area contributed by atoms with Crippen LogP contribution in [0.1, 0.15) is 24.2 Å². The molecule has 0 aliphatic rings. The number of nitrogens with one attached hydrogen (secondary N) is 3. The normalized spacial score (nSPS) is 11.8. The van der Waals surface area contributed by atoms with E-state index in [4.69, 9.17) is 9.47 Å². The molecule has 31 heavy (non-hydrogen) atoms. The van der Waals surface area contributed by atoms with Crippen molar-refractivity contribution in [2.45, 2.75) is 24.8 Å². The van der Waals surface area contributed by atoms with Gasteiger partial charge >= 0.3 is 0 Å². The van der Waals surface area contributed by atoms with E-state index in [0.717, 1.165) is 6.26 Å². The van der Waals surface area contributed by atoms with Crippen LogP contribution in [0.3, 0.4) is 0 Å². The molecular formula is C19H25N3O7S2. The predicted molar refractivity (Wildman–Crippen MR) is 118 cm³/mol. The number of carbonyl (C=O) groups excluding carboxylic acids is 1. The highest BCUT2D eigenvalue weighted by Gasteiger charge is 2.22. The van der Waals surface area contributed by atoms with Crippen LogP contribution in [0.4, 0.5) is 11.4 Å². The quantitative estimate of drug-likeness (QED) is 0.508. The van der Waals surface area contributed by atoms with E-state index in [0.29, 0.717) is 0 Å². The fraction of sp³-hybridized carbons (Fsp3) is 0.316. The molecule has 0 unspecified atom stereocenters. The minimum Gasteiger partial charge on any atom is -0.495 e. The van der Waals surface area contributed by atoms with Gasteiger partial charge in [0.1, 0.15) is 16.4 Å². The van der Waals surface area contributed by atoms with Crippen LogP contribution in [0, 0.1) is 0 Å². The lowest BCUT2D eigenvalue weighted by atomic mass is 10.2. The van der Waals surface area contributed by atoms with Crippen LogP contribution in [0.2, 0.25) is 0 Å². The maximum Gasteiger partial charge on any atom is 0.255 e. The van der Waals surface area contributed by atoms with Crippen molar-refractivity contribution < 1.29 is 31.1 Å². The van der Waals surface area contributed by atoms with Crippen LogP contribution >= 0.6 is 0 Å². The smallest absolute Gasteiger partial charge is 0.255 e. The van der Waals surface area contributed by atoms with Crippen LogP contribution in [-0.4, -0.2) is 49.3 Å². The predicted octanol–water partition coefficient (Wildman–Crippen LogP) is 2.01. The second-order valence-electron chi connectivity index (χ2n) is 6.89. The summed E-state index contributed by atoms with van der Waals surface area (Å²) in [5.41, 5.74) is 0.484. The molecule has 0 bridgehead atoms. The maximum absolute atomic E-state index is 12.7. The van der Waals surface area contributed by atoms with Crippen LogP contribution in [0.25, 0.3) is 0 Å². The molecule has 2 rings (SSSR count). The number of amides is 1. The molecule has 0 saturated heterocycles. The molecule has 170 valence electrons. The molecule has 0 aliphatic heterocycles. The molecule has 0 saturated carbocycles. The van der Waals surface area contributed by atoms with E-state index in [1.165, 1.54) is 50.6 Å². The summed E-state index contributed by atoms with van der Waals surface area (Å²) < 4.78 is 63.3. The number of anilines is 2. The van der Waals surface area contributed by atoms with Crippen molar-refractivity contribution in [2.75, 3.05) is 30.5 Å². The number of methoxy groups -OCH3 is 2. The van der Waals surface area contributed by atoms with Crippen LogP contribution in [0.15, 0.2) is 41.3 Å². The molecule has 12 heteroatoms. The first-order valence-electron chi connectivity index (χ1n) is 9.04. The van der Waals surface area contributed by atoms with Crippen molar-refractivity contribution >= 4 is 37.3 Å². The molecular weight excluding hydrogens is 446 g/mol. The minimum absolute atomic E-state index is 0.0679. The van der Waals surface area contributed by atoms with E-state index in [-0.39, 0.29) is 39.4 Å². The standard InChI is InChI=1S/C19H25N3O7S2/c1-12(2)21-31(26,27)18-10-13(6-8-17(18)29-4)19(23)20-14-7-9-16(28-3)15(11-14)22-30(5,24)25/h6-12,21-22H,1-5H3,(H,20,23). The summed E-state index contributed by atoms with van der Waals surface area (Å²) in [6.07, 6.45) is 0.988. The number of ether oxygens (including phenoxy) is 2. The van der Waals surface area contributed by atoms with Gasteiger partial charge in [-0.05, 0) is 50.2 Å². The van der Waals surface area contributed by atoms with Crippen LogP contribution in [-0.2, 0) is 20.0 Å². The van der Waals surface area contributed by atoms with Gasteiger partial charge in [0.25, 0.3) is 5.91 Å². The van der Waals surface area contributed by atoms with Gasteiger partial charge in [-0.1, -0.05) is 0 Å². The molecule has 2 aromatic carbocycles. The van der Waals surface area contributed by atoms with Gasteiger partial charge < -0.3 is 14.8 Å². The molecule has 10 nitrogen and oxygen atoms in total. The first kappa shape index (κ1) is 24.4. The number of benzene rings is 2. The number of carbonyl (C=O) groups is 1. The average molecular weight is 472 g/mol. The molecule has 0 radical (unpaired) electrons. The first-order chi connectivity index (χ1) is 14.4. The molecule has 0 aliphatic carbocycles. The minimum atomic E-state index is -3.92. The second kappa shape index (κ2) is 9.54. The molecule has 0 aromatic heterocycles. The highest BCUT2D eigenvalue weighted by molar-refractivity contribution is 7.92. The molecule has 0 fully saturated rings. The Kier molecular flexibility index (Phi) is 7.52. The third kappa shape index (κ3) is 6.57. The van der Waals surface area contributed by atoms with Crippen molar-refractivity contribution in [2.24, 2.45) is 0 Å². The van der Waals surface area contributed by atoms with Gasteiger partial charge in [-0.15, -0.1) is 0 Å². The van der Waals surface area contributed by atoms with E-state index in [1.54, 1.807) is 13.8 Å². The van der Waals surface area contributed by atoms with E-state index in [2.05, 4.69) is 14.8 Å². The van der Waals surface area contributed by atoms with Crippen molar-refractivity contribution in [1.82, 2.24) is 4.72 Å². The van der Waals surface area contributed by atoms with Gasteiger partial charge in [0.15, 0.2) is 0 Å². The summed E-state index contributed by atoms with van der Waals surface area (Å²) in [5, 5.41) is 2.61. The van der Waals surface area contributed by atoms with Gasteiger partial charge in [-0.2, -0.15) is 0 Å². The van der Waals surface area contributed by atoms with Crippen molar-refractivity contribution in [1.29, 1.82) is 0 Å². The largest absolute Gasteiger partial charge is 0.495 e.